The number of amides is 1. The van der Waals surface area contributed by atoms with Crippen LogP contribution in [0, 0.1) is 13.8 Å². The first-order chi connectivity index (χ1) is 12.3. The molecule has 1 aliphatic heterocycles. The van der Waals surface area contributed by atoms with E-state index in [0.717, 1.165) is 49.2 Å². The standard InChI is InChI=1S/C19H29N5O2/c1-12-11-15-18(22-19(26)20-15)17(14(12)3)21-16(25)6-5-13(2)24-9-7-23(4)8-10-24/h11,13H,5-10H2,1-4H3,(H,21,25)(H2,20,22,26)/t13-/m0/s1. The molecule has 142 valence electrons. The molecule has 7 heteroatoms. The number of fused-ring (bicyclic) bond motifs is 1. The van der Waals surface area contributed by atoms with Crippen molar-refractivity contribution in [1.82, 2.24) is 19.8 Å². The van der Waals surface area contributed by atoms with E-state index in [1.807, 2.05) is 19.9 Å². The van der Waals surface area contributed by atoms with Crippen LogP contribution in [0.25, 0.3) is 11.0 Å². The summed E-state index contributed by atoms with van der Waals surface area (Å²) in [5, 5.41) is 3.02. The summed E-state index contributed by atoms with van der Waals surface area (Å²) in [6.45, 7) is 10.4. The second kappa shape index (κ2) is 7.63. The molecule has 3 N–H and O–H groups in total. The lowest BCUT2D eigenvalue weighted by atomic mass is 10.1. The molecule has 0 bridgehead atoms. The van der Waals surface area contributed by atoms with Gasteiger partial charge in [0.1, 0.15) is 0 Å². The van der Waals surface area contributed by atoms with Crippen LogP contribution in [0.15, 0.2) is 10.9 Å². The van der Waals surface area contributed by atoms with Gasteiger partial charge < -0.3 is 20.2 Å². The van der Waals surface area contributed by atoms with Gasteiger partial charge in [-0.25, -0.2) is 4.79 Å². The summed E-state index contributed by atoms with van der Waals surface area (Å²) in [6, 6.07) is 2.31. The Morgan fingerprint density at radius 3 is 2.62 bits per heavy atom. The van der Waals surface area contributed by atoms with Crippen molar-refractivity contribution < 1.29 is 4.79 Å². The Hall–Kier alpha value is -2.12. The van der Waals surface area contributed by atoms with Gasteiger partial charge in [-0.15, -0.1) is 0 Å². The molecule has 26 heavy (non-hydrogen) atoms. The third-order valence-electron chi connectivity index (χ3n) is 5.55. The zero-order chi connectivity index (χ0) is 18.8. The number of likely N-dealkylation sites (N-methyl/N-ethyl adjacent to an activating group) is 1. The number of rotatable bonds is 5. The fraction of sp³-hybridized carbons (Fsp3) is 0.579. The van der Waals surface area contributed by atoms with Crippen LogP contribution >= 0.6 is 0 Å². The van der Waals surface area contributed by atoms with Crippen LogP contribution in [0.2, 0.25) is 0 Å². The fourth-order valence-electron chi connectivity index (χ4n) is 3.56. The van der Waals surface area contributed by atoms with Crippen molar-refractivity contribution in [2.45, 2.75) is 39.7 Å². The van der Waals surface area contributed by atoms with E-state index in [9.17, 15) is 9.59 Å². The molecule has 0 spiro atoms. The third-order valence-corrected chi connectivity index (χ3v) is 5.55. The molecule has 3 rings (SSSR count). The second-order valence-electron chi connectivity index (χ2n) is 7.47. The summed E-state index contributed by atoms with van der Waals surface area (Å²) in [7, 11) is 2.14. The van der Waals surface area contributed by atoms with Crippen molar-refractivity contribution in [3.63, 3.8) is 0 Å². The second-order valence-corrected chi connectivity index (χ2v) is 7.47. The van der Waals surface area contributed by atoms with E-state index >= 15 is 0 Å². The predicted molar refractivity (Wildman–Crippen MR) is 105 cm³/mol. The Morgan fingerprint density at radius 2 is 1.92 bits per heavy atom. The highest BCUT2D eigenvalue weighted by molar-refractivity contribution is 6.01. The van der Waals surface area contributed by atoms with Gasteiger partial charge in [-0.3, -0.25) is 9.69 Å². The summed E-state index contributed by atoms with van der Waals surface area (Å²) in [4.78, 5) is 34.5. The lowest BCUT2D eigenvalue weighted by Gasteiger charge is -2.36. The van der Waals surface area contributed by atoms with E-state index in [1.54, 1.807) is 0 Å². The maximum absolute atomic E-state index is 12.5. The number of carbonyl (C=O) groups excluding carboxylic acids is 1. The summed E-state index contributed by atoms with van der Waals surface area (Å²) >= 11 is 0. The van der Waals surface area contributed by atoms with Gasteiger partial charge >= 0.3 is 5.69 Å². The molecule has 2 heterocycles. The lowest BCUT2D eigenvalue weighted by Crippen LogP contribution is -2.48. The molecule has 1 aromatic heterocycles. The lowest BCUT2D eigenvalue weighted by molar-refractivity contribution is -0.116. The van der Waals surface area contributed by atoms with Crippen molar-refractivity contribution in [3.8, 4) is 0 Å². The minimum Gasteiger partial charge on any atom is -0.324 e. The molecule has 0 radical (unpaired) electrons. The topological polar surface area (TPSA) is 84.2 Å². The van der Waals surface area contributed by atoms with Crippen LogP contribution in [-0.2, 0) is 4.79 Å². The first kappa shape index (κ1) is 18.7. The monoisotopic (exact) mass is 359 g/mol. The SMILES string of the molecule is Cc1cc2[nH]c(=O)[nH]c2c(NC(=O)CC[C@H](C)N2CCN(C)CC2)c1C. The van der Waals surface area contributed by atoms with Crippen LogP contribution in [0.5, 0.6) is 0 Å². The molecule has 1 aromatic carbocycles. The van der Waals surface area contributed by atoms with Gasteiger partial charge in [0.15, 0.2) is 0 Å². The van der Waals surface area contributed by atoms with Crippen molar-refractivity contribution in [2.24, 2.45) is 0 Å². The van der Waals surface area contributed by atoms with Crippen LogP contribution < -0.4 is 11.0 Å². The first-order valence-electron chi connectivity index (χ1n) is 9.30. The van der Waals surface area contributed by atoms with Crippen LogP contribution in [0.4, 0.5) is 5.69 Å². The molecule has 0 unspecified atom stereocenters. The maximum Gasteiger partial charge on any atom is 0.323 e. The number of hydrogen-bond acceptors (Lipinski definition) is 4. The normalized spacial score (nSPS) is 17.5. The highest BCUT2D eigenvalue weighted by atomic mass is 16.2. The van der Waals surface area contributed by atoms with E-state index in [1.165, 1.54) is 0 Å². The zero-order valence-electron chi connectivity index (χ0n) is 16.1. The predicted octanol–water partition coefficient (Wildman–Crippen LogP) is 1.83. The molecule has 1 saturated heterocycles. The van der Waals surface area contributed by atoms with Crippen molar-refractivity contribution >= 4 is 22.6 Å². The summed E-state index contributed by atoms with van der Waals surface area (Å²) < 4.78 is 0. The molecule has 0 saturated carbocycles. The van der Waals surface area contributed by atoms with Gasteiger partial charge in [-0.2, -0.15) is 0 Å². The Balaban J connectivity index is 1.64. The van der Waals surface area contributed by atoms with E-state index in [0.29, 0.717) is 23.7 Å². The van der Waals surface area contributed by atoms with Gasteiger partial charge in [0.25, 0.3) is 0 Å². The highest BCUT2D eigenvalue weighted by Crippen LogP contribution is 2.27. The number of aromatic amines is 2. The molecule has 7 nitrogen and oxygen atoms in total. The molecule has 2 aromatic rings. The van der Waals surface area contributed by atoms with Crippen molar-refractivity contribution in [2.75, 3.05) is 38.5 Å². The van der Waals surface area contributed by atoms with Gasteiger partial charge in [0.05, 0.1) is 16.7 Å². The number of H-pyrrole nitrogens is 2. The Kier molecular flexibility index (Phi) is 5.48. The van der Waals surface area contributed by atoms with Gasteiger partial charge in [-0.05, 0) is 51.4 Å². The minimum atomic E-state index is -0.260. The largest absolute Gasteiger partial charge is 0.324 e. The van der Waals surface area contributed by atoms with Crippen LogP contribution in [0.3, 0.4) is 0 Å². The molecule has 1 atom stereocenters. The van der Waals surface area contributed by atoms with Gasteiger partial charge in [0, 0.05) is 38.6 Å². The minimum absolute atomic E-state index is 0.0111. The maximum atomic E-state index is 12.5. The van der Waals surface area contributed by atoms with E-state index in [2.05, 4.69) is 39.1 Å². The average molecular weight is 359 g/mol. The Morgan fingerprint density at radius 1 is 1.23 bits per heavy atom. The first-order valence-corrected chi connectivity index (χ1v) is 9.30. The number of imidazole rings is 1. The van der Waals surface area contributed by atoms with Crippen LogP contribution in [-0.4, -0.2) is 64.9 Å². The van der Waals surface area contributed by atoms with E-state index < -0.39 is 0 Å². The number of hydrogen-bond donors (Lipinski definition) is 3. The van der Waals surface area contributed by atoms with E-state index in [4.69, 9.17) is 0 Å². The molecule has 1 amide bonds. The number of benzene rings is 1. The summed E-state index contributed by atoms with van der Waals surface area (Å²) in [5.41, 5.74) is 3.85. The number of carbonyl (C=O) groups is 1. The number of piperazine rings is 1. The number of aryl methyl sites for hydroxylation is 1. The molecule has 0 aliphatic carbocycles. The quantitative estimate of drug-likeness (QED) is 0.760. The Labute approximate surface area is 153 Å². The summed E-state index contributed by atoms with van der Waals surface area (Å²) in [5.74, 6) is -0.0111. The number of aromatic nitrogens is 2. The Bertz CT molecular complexity index is 845. The summed E-state index contributed by atoms with van der Waals surface area (Å²) in [6.07, 6.45) is 1.30. The van der Waals surface area contributed by atoms with Crippen molar-refractivity contribution in [1.29, 1.82) is 0 Å². The molecular weight excluding hydrogens is 330 g/mol. The average Bonchev–Trinajstić information content (AvgIpc) is 2.97. The van der Waals surface area contributed by atoms with Crippen molar-refractivity contribution in [3.05, 3.63) is 27.7 Å². The van der Waals surface area contributed by atoms with Gasteiger partial charge in [-0.1, -0.05) is 0 Å². The smallest absolute Gasteiger partial charge is 0.323 e. The highest BCUT2D eigenvalue weighted by Gasteiger charge is 2.20. The molecular formula is C19H29N5O2. The number of nitrogens with zero attached hydrogens (tertiary/aromatic N) is 2. The molecule has 1 fully saturated rings. The molecule has 1 aliphatic rings. The number of nitrogens with one attached hydrogen (secondary N) is 3. The fourth-order valence-corrected chi connectivity index (χ4v) is 3.56. The van der Waals surface area contributed by atoms with Gasteiger partial charge in [0.2, 0.25) is 5.91 Å². The van der Waals surface area contributed by atoms with Crippen LogP contribution in [0.1, 0.15) is 30.9 Å². The third kappa shape index (κ3) is 3.99. The number of anilines is 1. The zero-order valence-corrected chi connectivity index (χ0v) is 16.1. The van der Waals surface area contributed by atoms with E-state index in [-0.39, 0.29) is 11.6 Å².